The Bertz CT molecular complexity index is 298. The van der Waals surface area contributed by atoms with Gasteiger partial charge in [0.2, 0.25) is 0 Å². The Balaban J connectivity index is 2.40. The summed E-state index contributed by atoms with van der Waals surface area (Å²) in [5.41, 5.74) is 0. The number of aryl methyl sites for hydroxylation is 1. The summed E-state index contributed by atoms with van der Waals surface area (Å²) in [6.07, 6.45) is 0.532. The van der Waals surface area contributed by atoms with Crippen molar-refractivity contribution in [3.63, 3.8) is 0 Å². The summed E-state index contributed by atoms with van der Waals surface area (Å²) in [6, 6.07) is 6.17. The van der Waals surface area contributed by atoms with Gasteiger partial charge in [-0.15, -0.1) is 0 Å². The Morgan fingerprint density at radius 1 is 1.62 bits per heavy atom. The van der Waals surface area contributed by atoms with Gasteiger partial charge in [0.05, 0.1) is 12.1 Å². The molecule has 70 valence electrons. The summed E-state index contributed by atoms with van der Waals surface area (Å²) in [5.74, 6) is 1.85. The van der Waals surface area contributed by atoms with Crippen LogP contribution in [0.25, 0.3) is 0 Å². The molecular weight excluding hydrogens is 164 g/mol. The summed E-state index contributed by atoms with van der Waals surface area (Å²) in [6.45, 7) is 4.65. The van der Waals surface area contributed by atoms with Gasteiger partial charge in [0.15, 0.2) is 0 Å². The van der Waals surface area contributed by atoms with Gasteiger partial charge in [-0.3, -0.25) is 0 Å². The molecule has 0 aliphatic heterocycles. The fraction of sp³-hybridized carbons (Fsp3) is 0.500. The van der Waals surface area contributed by atoms with Crippen LogP contribution < -0.4 is 5.32 Å². The van der Waals surface area contributed by atoms with E-state index in [1.165, 1.54) is 0 Å². The van der Waals surface area contributed by atoms with E-state index >= 15 is 0 Å². The summed E-state index contributed by atoms with van der Waals surface area (Å²) >= 11 is 0. The molecule has 0 aromatic carbocycles. The SMILES string of the molecule is Cc1ccc(C(C)NCCC#N)o1. The fourth-order valence-electron chi connectivity index (χ4n) is 1.13. The van der Waals surface area contributed by atoms with Gasteiger partial charge in [-0.05, 0) is 26.0 Å². The smallest absolute Gasteiger partial charge is 0.120 e. The second-order valence-electron chi connectivity index (χ2n) is 3.03. The first-order chi connectivity index (χ1) is 6.24. The second kappa shape index (κ2) is 4.68. The first-order valence-electron chi connectivity index (χ1n) is 4.40. The van der Waals surface area contributed by atoms with E-state index in [1.54, 1.807) is 0 Å². The third-order valence-electron chi connectivity index (χ3n) is 1.88. The highest BCUT2D eigenvalue weighted by Crippen LogP contribution is 2.14. The molecule has 1 unspecified atom stereocenters. The molecule has 0 aliphatic carbocycles. The van der Waals surface area contributed by atoms with Crippen molar-refractivity contribution in [1.29, 1.82) is 5.26 Å². The minimum Gasteiger partial charge on any atom is -0.465 e. The van der Waals surface area contributed by atoms with Gasteiger partial charge in [-0.25, -0.2) is 0 Å². The molecule has 1 aromatic rings. The molecular formula is C10H14N2O. The van der Waals surface area contributed by atoms with Gasteiger partial charge >= 0.3 is 0 Å². The lowest BCUT2D eigenvalue weighted by Gasteiger charge is -2.08. The third-order valence-corrected chi connectivity index (χ3v) is 1.88. The molecule has 1 aromatic heterocycles. The molecule has 13 heavy (non-hydrogen) atoms. The van der Waals surface area contributed by atoms with Crippen molar-refractivity contribution >= 4 is 0 Å². The number of furan rings is 1. The van der Waals surface area contributed by atoms with Gasteiger partial charge in [-0.1, -0.05) is 0 Å². The lowest BCUT2D eigenvalue weighted by atomic mass is 10.2. The number of hydrogen-bond donors (Lipinski definition) is 1. The van der Waals surface area contributed by atoms with Crippen LogP contribution >= 0.6 is 0 Å². The van der Waals surface area contributed by atoms with Crippen LogP contribution in [-0.2, 0) is 0 Å². The van der Waals surface area contributed by atoms with Crippen molar-refractivity contribution in [2.45, 2.75) is 26.3 Å². The number of nitrogens with one attached hydrogen (secondary N) is 1. The van der Waals surface area contributed by atoms with Gasteiger partial charge in [0.25, 0.3) is 0 Å². The Morgan fingerprint density at radius 2 is 2.38 bits per heavy atom. The predicted molar refractivity (Wildman–Crippen MR) is 50.1 cm³/mol. The highest BCUT2D eigenvalue weighted by molar-refractivity contribution is 5.08. The number of hydrogen-bond acceptors (Lipinski definition) is 3. The van der Waals surface area contributed by atoms with Crippen LogP contribution in [0.2, 0.25) is 0 Å². The molecule has 1 atom stereocenters. The van der Waals surface area contributed by atoms with E-state index in [4.69, 9.17) is 9.68 Å². The molecule has 0 saturated carbocycles. The summed E-state index contributed by atoms with van der Waals surface area (Å²) in [5, 5.41) is 11.5. The van der Waals surface area contributed by atoms with Crippen LogP contribution in [-0.4, -0.2) is 6.54 Å². The normalized spacial score (nSPS) is 12.4. The first-order valence-corrected chi connectivity index (χ1v) is 4.40. The molecule has 0 spiro atoms. The molecule has 0 radical (unpaired) electrons. The standard InChI is InChI=1S/C10H14N2O/c1-8-4-5-10(13-8)9(2)12-7-3-6-11/h4-5,9,12H,3,7H2,1-2H3. The summed E-state index contributed by atoms with van der Waals surface area (Å²) in [7, 11) is 0. The maximum Gasteiger partial charge on any atom is 0.120 e. The molecule has 1 N–H and O–H groups in total. The molecule has 3 heteroatoms. The first kappa shape index (κ1) is 9.82. The van der Waals surface area contributed by atoms with Crippen LogP contribution in [0.4, 0.5) is 0 Å². The van der Waals surface area contributed by atoms with Crippen LogP contribution in [0.15, 0.2) is 16.5 Å². The van der Waals surface area contributed by atoms with Crippen molar-refractivity contribution in [1.82, 2.24) is 5.32 Å². The zero-order chi connectivity index (χ0) is 9.68. The van der Waals surface area contributed by atoms with E-state index in [0.29, 0.717) is 13.0 Å². The van der Waals surface area contributed by atoms with Crippen molar-refractivity contribution in [2.75, 3.05) is 6.54 Å². The van der Waals surface area contributed by atoms with Crippen molar-refractivity contribution in [2.24, 2.45) is 0 Å². The maximum absolute atomic E-state index is 8.34. The van der Waals surface area contributed by atoms with Gasteiger partial charge in [0, 0.05) is 13.0 Å². The molecule has 0 aliphatic rings. The van der Waals surface area contributed by atoms with Crippen molar-refractivity contribution < 1.29 is 4.42 Å². The van der Waals surface area contributed by atoms with Gasteiger partial charge < -0.3 is 9.73 Å². The Morgan fingerprint density at radius 3 is 2.92 bits per heavy atom. The average molecular weight is 178 g/mol. The van der Waals surface area contributed by atoms with Crippen molar-refractivity contribution in [3.05, 3.63) is 23.7 Å². The average Bonchev–Trinajstić information content (AvgIpc) is 2.52. The van der Waals surface area contributed by atoms with Gasteiger partial charge in [-0.2, -0.15) is 5.26 Å². The van der Waals surface area contributed by atoms with E-state index in [2.05, 4.69) is 11.4 Å². The fourth-order valence-corrected chi connectivity index (χ4v) is 1.13. The molecule has 0 saturated heterocycles. The predicted octanol–water partition coefficient (Wildman–Crippen LogP) is 2.15. The summed E-state index contributed by atoms with van der Waals surface area (Å²) in [4.78, 5) is 0. The van der Waals surface area contributed by atoms with E-state index in [0.717, 1.165) is 11.5 Å². The molecule has 0 amide bonds. The van der Waals surface area contributed by atoms with Crippen LogP contribution in [0.3, 0.4) is 0 Å². The highest BCUT2D eigenvalue weighted by Gasteiger charge is 2.07. The Kier molecular flexibility index (Phi) is 3.53. The van der Waals surface area contributed by atoms with E-state index < -0.39 is 0 Å². The minimum atomic E-state index is 0.182. The summed E-state index contributed by atoms with van der Waals surface area (Å²) < 4.78 is 5.43. The topological polar surface area (TPSA) is 49.0 Å². The largest absolute Gasteiger partial charge is 0.465 e. The molecule has 0 fully saturated rings. The molecule has 0 bridgehead atoms. The quantitative estimate of drug-likeness (QED) is 0.719. The zero-order valence-corrected chi connectivity index (χ0v) is 8.00. The van der Waals surface area contributed by atoms with Crippen LogP contribution in [0.5, 0.6) is 0 Å². The molecule has 1 rings (SSSR count). The van der Waals surface area contributed by atoms with Crippen LogP contribution in [0.1, 0.15) is 30.9 Å². The minimum absolute atomic E-state index is 0.182. The van der Waals surface area contributed by atoms with Crippen molar-refractivity contribution in [3.8, 4) is 6.07 Å². The number of nitriles is 1. The zero-order valence-electron chi connectivity index (χ0n) is 8.00. The lowest BCUT2D eigenvalue weighted by molar-refractivity contribution is 0.419. The van der Waals surface area contributed by atoms with E-state index in [9.17, 15) is 0 Å². The van der Waals surface area contributed by atoms with Crippen LogP contribution in [0, 0.1) is 18.3 Å². The lowest BCUT2D eigenvalue weighted by Crippen LogP contribution is -2.18. The second-order valence-corrected chi connectivity index (χ2v) is 3.03. The van der Waals surface area contributed by atoms with E-state index in [1.807, 2.05) is 26.0 Å². The highest BCUT2D eigenvalue weighted by atomic mass is 16.3. The molecule has 1 heterocycles. The Hall–Kier alpha value is -1.27. The van der Waals surface area contributed by atoms with E-state index in [-0.39, 0.29) is 6.04 Å². The maximum atomic E-state index is 8.34. The van der Waals surface area contributed by atoms with Gasteiger partial charge in [0.1, 0.15) is 11.5 Å². The monoisotopic (exact) mass is 178 g/mol. The number of nitrogens with zero attached hydrogens (tertiary/aromatic N) is 1. The molecule has 3 nitrogen and oxygen atoms in total. The number of rotatable bonds is 4. The third kappa shape index (κ3) is 2.92. The Labute approximate surface area is 78.4 Å².